The molecule has 1 unspecified atom stereocenters. The molecule has 1 aromatic heterocycles. The van der Waals surface area contributed by atoms with Crippen LogP contribution in [0.1, 0.15) is 37.4 Å². The maximum atomic E-state index is 5.35. The highest BCUT2D eigenvalue weighted by Gasteiger charge is 2.11. The van der Waals surface area contributed by atoms with Crippen molar-refractivity contribution in [2.45, 2.75) is 32.8 Å². The first-order valence-corrected chi connectivity index (χ1v) is 5.18. The Kier molecular flexibility index (Phi) is 4.22. The number of nitrogens with one attached hydrogen (secondary N) is 1. The molecule has 0 saturated carbocycles. The normalized spacial score (nSPS) is 12.8. The van der Waals surface area contributed by atoms with Crippen molar-refractivity contribution in [3.8, 4) is 0 Å². The predicted octanol–water partition coefficient (Wildman–Crippen LogP) is 2.94. The molecule has 0 aliphatic heterocycles. The van der Waals surface area contributed by atoms with Crippen LogP contribution in [0.3, 0.4) is 0 Å². The van der Waals surface area contributed by atoms with Gasteiger partial charge in [-0.25, -0.2) is 4.98 Å². The Bertz CT molecular complexity index is 348. The minimum atomic E-state index is 0.0293. The molecule has 1 atom stereocenters. The van der Waals surface area contributed by atoms with Gasteiger partial charge < -0.3 is 9.72 Å². The number of H-pyrrole nitrogens is 1. The van der Waals surface area contributed by atoms with Crippen LogP contribution < -0.4 is 0 Å². The minimum Gasteiger partial charge on any atom is -0.374 e. The summed E-state index contributed by atoms with van der Waals surface area (Å²) in [6.07, 6.45) is 2.05. The third-order valence-electron chi connectivity index (χ3n) is 2.04. The van der Waals surface area contributed by atoms with E-state index in [-0.39, 0.29) is 6.10 Å². The molecule has 0 aliphatic carbocycles. The zero-order chi connectivity index (χ0) is 10.6. The molecule has 0 bridgehead atoms. The van der Waals surface area contributed by atoms with Gasteiger partial charge in [-0.15, -0.1) is 0 Å². The smallest absolute Gasteiger partial charge is 0.137 e. The summed E-state index contributed by atoms with van der Waals surface area (Å²) >= 11 is 5.05. The van der Waals surface area contributed by atoms with Crippen molar-refractivity contribution in [1.29, 1.82) is 0 Å². The van der Waals surface area contributed by atoms with Crippen LogP contribution in [0.2, 0.25) is 0 Å². The van der Waals surface area contributed by atoms with E-state index in [0.717, 1.165) is 24.4 Å². The van der Waals surface area contributed by atoms with E-state index in [9.17, 15) is 0 Å². The van der Waals surface area contributed by atoms with Crippen LogP contribution in [0, 0.1) is 11.6 Å². The predicted molar refractivity (Wildman–Crippen MR) is 58.8 cm³/mol. The molecular formula is C10H16N2OS. The summed E-state index contributed by atoms with van der Waals surface area (Å²) < 4.78 is 5.97. The van der Waals surface area contributed by atoms with Gasteiger partial charge in [0.05, 0.1) is 0 Å². The number of hydrogen-bond donors (Lipinski definition) is 1. The Morgan fingerprint density at radius 3 is 2.86 bits per heavy atom. The average Bonchev–Trinajstić information content (AvgIpc) is 2.12. The Morgan fingerprint density at radius 2 is 2.36 bits per heavy atom. The molecule has 4 heteroatoms. The molecule has 0 saturated heterocycles. The number of aromatic nitrogens is 2. The molecule has 1 aromatic rings. The molecule has 1 N–H and O–H groups in total. The zero-order valence-corrected chi connectivity index (χ0v) is 9.65. The van der Waals surface area contributed by atoms with Crippen LogP contribution in [-0.2, 0) is 4.74 Å². The first kappa shape index (κ1) is 11.3. The van der Waals surface area contributed by atoms with E-state index >= 15 is 0 Å². The van der Waals surface area contributed by atoms with Gasteiger partial charge >= 0.3 is 0 Å². The van der Waals surface area contributed by atoms with Gasteiger partial charge in [-0.2, -0.15) is 0 Å². The summed E-state index contributed by atoms with van der Waals surface area (Å²) in [7, 11) is 1.70. The third-order valence-corrected chi connectivity index (χ3v) is 2.25. The number of aryl methyl sites for hydroxylation is 1. The molecule has 0 radical (unpaired) electrons. The first-order valence-electron chi connectivity index (χ1n) is 4.78. The topological polar surface area (TPSA) is 37.9 Å². The molecule has 0 spiro atoms. The molecular weight excluding hydrogens is 196 g/mol. The maximum absolute atomic E-state index is 5.35. The summed E-state index contributed by atoms with van der Waals surface area (Å²) in [6, 6.07) is 1.84. The van der Waals surface area contributed by atoms with Gasteiger partial charge in [0.1, 0.15) is 16.6 Å². The highest BCUT2D eigenvalue weighted by atomic mass is 32.1. The molecule has 1 heterocycles. The second-order valence-electron chi connectivity index (χ2n) is 3.30. The van der Waals surface area contributed by atoms with Crippen molar-refractivity contribution in [3.63, 3.8) is 0 Å². The van der Waals surface area contributed by atoms with Crippen molar-refractivity contribution in [3.05, 3.63) is 22.2 Å². The zero-order valence-electron chi connectivity index (χ0n) is 8.83. The van der Waals surface area contributed by atoms with Crippen LogP contribution in [0.15, 0.2) is 6.07 Å². The quantitative estimate of drug-likeness (QED) is 0.780. The fourth-order valence-electron chi connectivity index (χ4n) is 1.38. The molecule has 1 rings (SSSR count). The number of hydrogen-bond acceptors (Lipinski definition) is 3. The summed E-state index contributed by atoms with van der Waals surface area (Å²) in [5.41, 5.74) is 1.03. The van der Waals surface area contributed by atoms with Crippen LogP contribution in [-0.4, -0.2) is 17.1 Å². The lowest BCUT2D eigenvalue weighted by Crippen LogP contribution is -2.07. The standard InChI is InChI=1S/C10H16N2OS/c1-4-5-8(13-3)10-11-7(2)6-9(14)12-10/h6,8H,4-5H2,1-3H3,(H,11,12,14). The molecule has 0 aromatic carbocycles. The van der Waals surface area contributed by atoms with Crippen LogP contribution >= 0.6 is 12.2 Å². The number of methoxy groups -OCH3 is 1. The number of aromatic amines is 1. The summed E-state index contributed by atoms with van der Waals surface area (Å²) in [5.74, 6) is 0.833. The molecule has 3 nitrogen and oxygen atoms in total. The van der Waals surface area contributed by atoms with Crippen LogP contribution in [0.25, 0.3) is 0 Å². The van der Waals surface area contributed by atoms with Crippen molar-refractivity contribution >= 4 is 12.2 Å². The summed E-state index contributed by atoms with van der Waals surface area (Å²) in [5, 5.41) is 0. The van der Waals surface area contributed by atoms with Gasteiger partial charge in [0.2, 0.25) is 0 Å². The van der Waals surface area contributed by atoms with E-state index in [4.69, 9.17) is 17.0 Å². The highest BCUT2D eigenvalue weighted by Crippen LogP contribution is 2.18. The van der Waals surface area contributed by atoms with E-state index in [1.807, 2.05) is 13.0 Å². The average molecular weight is 212 g/mol. The van der Waals surface area contributed by atoms with Gasteiger partial charge in [-0.1, -0.05) is 25.6 Å². The Balaban J connectivity index is 2.97. The summed E-state index contributed by atoms with van der Waals surface area (Å²) in [6.45, 7) is 4.09. The van der Waals surface area contributed by atoms with Crippen molar-refractivity contribution < 1.29 is 4.74 Å². The Morgan fingerprint density at radius 1 is 1.64 bits per heavy atom. The van der Waals surface area contributed by atoms with Gasteiger partial charge in [0, 0.05) is 12.8 Å². The molecule has 0 fully saturated rings. The van der Waals surface area contributed by atoms with Crippen molar-refractivity contribution in [2.75, 3.05) is 7.11 Å². The first-order chi connectivity index (χ1) is 6.67. The van der Waals surface area contributed by atoms with Crippen molar-refractivity contribution in [1.82, 2.24) is 9.97 Å². The van der Waals surface area contributed by atoms with E-state index in [1.54, 1.807) is 7.11 Å². The minimum absolute atomic E-state index is 0.0293. The third kappa shape index (κ3) is 2.89. The molecule has 0 aliphatic rings. The van der Waals surface area contributed by atoms with E-state index in [0.29, 0.717) is 4.64 Å². The second-order valence-corrected chi connectivity index (χ2v) is 3.72. The van der Waals surface area contributed by atoms with Gasteiger partial charge in [0.25, 0.3) is 0 Å². The van der Waals surface area contributed by atoms with Gasteiger partial charge in [0.15, 0.2) is 0 Å². The van der Waals surface area contributed by atoms with E-state index < -0.39 is 0 Å². The van der Waals surface area contributed by atoms with Gasteiger partial charge in [-0.3, -0.25) is 0 Å². The Hall–Kier alpha value is -0.740. The fourth-order valence-corrected chi connectivity index (χ4v) is 1.66. The SMILES string of the molecule is CCCC(OC)c1nc(=S)cc(C)[nH]1. The van der Waals surface area contributed by atoms with Gasteiger partial charge in [-0.05, 0) is 19.4 Å². The lowest BCUT2D eigenvalue weighted by Gasteiger charge is -2.13. The molecule has 0 amide bonds. The fraction of sp³-hybridized carbons (Fsp3) is 0.600. The number of ether oxygens (including phenoxy) is 1. The van der Waals surface area contributed by atoms with Crippen LogP contribution in [0.4, 0.5) is 0 Å². The Labute approximate surface area is 89.5 Å². The monoisotopic (exact) mass is 212 g/mol. The lowest BCUT2D eigenvalue weighted by molar-refractivity contribution is 0.0873. The number of nitrogens with zero attached hydrogens (tertiary/aromatic N) is 1. The maximum Gasteiger partial charge on any atom is 0.137 e. The highest BCUT2D eigenvalue weighted by molar-refractivity contribution is 7.71. The molecule has 14 heavy (non-hydrogen) atoms. The lowest BCUT2D eigenvalue weighted by atomic mass is 10.2. The summed E-state index contributed by atoms with van der Waals surface area (Å²) in [4.78, 5) is 7.44. The number of rotatable bonds is 4. The molecule has 78 valence electrons. The van der Waals surface area contributed by atoms with E-state index in [1.165, 1.54) is 0 Å². The largest absolute Gasteiger partial charge is 0.374 e. The van der Waals surface area contributed by atoms with E-state index in [2.05, 4.69) is 16.9 Å². The van der Waals surface area contributed by atoms with Crippen LogP contribution in [0.5, 0.6) is 0 Å². The van der Waals surface area contributed by atoms with Crippen molar-refractivity contribution in [2.24, 2.45) is 0 Å². The second kappa shape index (κ2) is 5.22.